The number of hydrogen-bond donors (Lipinski definition) is 2. The van der Waals surface area contributed by atoms with E-state index in [9.17, 15) is 23.3 Å². The van der Waals surface area contributed by atoms with Crippen molar-refractivity contribution in [3.05, 3.63) is 70.3 Å². The van der Waals surface area contributed by atoms with Gasteiger partial charge in [0.25, 0.3) is 5.69 Å². The van der Waals surface area contributed by atoms with Crippen molar-refractivity contribution in [2.24, 2.45) is 0 Å². The van der Waals surface area contributed by atoms with Gasteiger partial charge in [-0.3, -0.25) is 14.9 Å². The van der Waals surface area contributed by atoms with Crippen LogP contribution in [0.2, 0.25) is 0 Å². The second kappa shape index (κ2) is 11.2. The van der Waals surface area contributed by atoms with Crippen LogP contribution < -0.4 is 10.0 Å². The van der Waals surface area contributed by atoms with Crippen LogP contribution >= 0.6 is 0 Å². The predicted molar refractivity (Wildman–Crippen MR) is 117 cm³/mol. The topological polar surface area (TPSA) is 118 Å². The molecule has 2 N–H and O–H groups in total. The van der Waals surface area contributed by atoms with Gasteiger partial charge in [-0.2, -0.15) is 0 Å². The lowest BCUT2D eigenvalue weighted by molar-refractivity contribution is -0.384. The van der Waals surface area contributed by atoms with Gasteiger partial charge in [0.1, 0.15) is 0 Å². The van der Waals surface area contributed by atoms with Crippen molar-refractivity contribution in [1.29, 1.82) is 0 Å². The minimum atomic E-state index is -3.57. The summed E-state index contributed by atoms with van der Waals surface area (Å²) in [5.41, 5.74) is 1.07. The molecule has 0 aliphatic carbocycles. The Morgan fingerprint density at radius 1 is 1.03 bits per heavy atom. The van der Waals surface area contributed by atoms with Crippen LogP contribution in [-0.2, 0) is 14.8 Å². The molecule has 0 unspecified atom stereocenters. The fourth-order valence-corrected chi connectivity index (χ4v) is 3.70. The van der Waals surface area contributed by atoms with Crippen molar-refractivity contribution < 1.29 is 18.1 Å². The molecule has 2 aromatic carbocycles. The van der Waals surface area contributed by atoms with Gasteiger partial charge >= 0.3 is 0 Å². The largest absolute Gasteiger partial charge is 0.323 e. The van der Waals surface area contributed by atoms with E-state index >= 15 is 0 Å². The second-order valence-electron chi connectivity index (χ2n) is 6.65. The van der Waals surface area contributed by atoms with E-state index in [1.807, 2.05) is 0 Å². The Kier molecular flexibility index (Phi) is 8.70. The quantitative estimate of drug-likeness (QED) is 0.240. The molecule has 2 aromatic rings. The lowest BCUT2D eigenvalue weighted by atomic mass is 10.2. The summed E-state index contributed by atoms with van der Waals surface area (Å²) < 4.78 is 27.1. The third-order valence-electron chi connectivity index (χ3n) is 4.29. The smallest absolute Gasteiger partial charge is 0.269 e. The highest BCUT2D eigenvalue weighted by Gasteiger charge is 2.13. The number of nitrogens with one attached hydrogen (secondary N) is 2. The van der Waals surface area contributed by atoms with E-state index in [0.717, 1.165) is 25.7 Å². The molecule has 0 aromatic heterocycles. The third kappa shape index (κ3) is 7.41. The molecule has 8 nitrogen and oxygen atoms in total. The Hall–Kier alpha value is -3.04. The van der Waals surface area contributed by atoms with Gasteiger partial charge in [-0.1, -0.05) is 26.2 Å². The van der Waals surface area contributed by atoms with Crippen LogP contribution in [0, 0.1) is 10.1 Å². The Balaban J connectivity index is 1.89. The Morgan fingerprint density at radius 2 is 1.70 bits per heavy atom. The number of hydrogen-bond acceptors (Lipinski definition) is 5. The SMILES string of the molecule is CCCCCCNS(=O)(=O)c1ccc(NC(=O)C=Cc2ccc([N+](=O)[O-])cc2)cc1. The molecule has 0 fully saturated rings. The summed E-state index contributed by atoms with van der Waals surface area (Å²) in [6.45, 7) is 2.49. The van der Waals surface area contributed by atoms with Crippen molar-refractivity contribution in [2.45, 2.75) is 37.5 Å². The number of carbonyl (C=O) groups excluding carboxylic acids is 1. The van der Waals surface area contributed by atoms with Crippen LogP contribution in [0.5, 0.6) is 0 Å². The van der Waals surface area contributed by atoms with E-state index < -0.39 is 20.9 Å². The van der Waals surface area contributed by atoms with Crippen LogP contribution in [-0.4, -0.2) is 25.8 Å². The summed E-state index contributed by atoms with van der Waals surface area (Å²) in [6.07, 6.45) is 6.77. The normalized spacial score (nSPS) is 11.5. The van der Waals surface area contributed by atoms with E-state index in [4.69, 9.17) is 0 Å². The van der Waals surface area contributed by atoms with Crippen molar-refractivity contribution in [1.82, 2.24) is 4.72 Å². The standard InChI is InChI=1S/C21H25N3O5S/c1-2-3-4-5-16-22-30(28,29)20-13-9-18(10-14-20)23-21(25)15-8-17-6-11-19(12-7-17)24(26)27/h6-15,22H,2-5,16H2,1H3,(H,23,25). The number of rotatable bonds is 11. The molecule has 0 aliphatic rings. The number of nitro groups is 1. The predicted octanol–water partition coefficient (Wildman–Crippen LogP) is 4.11. The number of unbranched alkanes of at least 4 members (excludes halogenated alkanes) is 3. The molecular formula is C21H25N3O5S. The third-order valence-corrected chi connectivity index (χ3v) is 5.76. The monoisotopic (exact) mass is 431 g/mol. The van der Waals surface area contributed by atoms with Gasteiger partial charge in [0, 0.05) is 30.4 Å². The summed E-state index contributed by atoms with van der Waals surface area (Å²) in [5.74, 6) is -0.405. The number of non-ortho nitro benzene ring substituents is 1. The van der Waals surface area contributed by atoms with Gasteiger partial charge in [0.05, 0.1) is 9.82 Å². The molecule has 2 rings (SSSR count). The van der Waals surface area contributed by atoms with Crippen LogP contribution in [0.3, 0.4) is 0 Å². The van der Waals surface area contributed by atoms with Crippen LogP contribution in [0.15, 0.2) is 59.5 Å². The maximum absolute atomic E-state index is 12.3. The van der Waals surface area contributed by atoms with Crippen LogP contribution in [0.1, 0.15) is 38.2 Å². The van der Waals surface area contributed by atoms with Gasteiger partial charge in [0.15, 0.2) is 0 Å². The van der Waals surface area contributed by atoms with Gasteiger partial charge in [-0.05, 0) is 54.5 Å². The van der Waals surface area contributed by atoms with Crippen molar-refractivity contribution >= 4 is 33.4 Å². The van der Waals surface area contributed by atoms with Gasteiger partial charge in [0.2, 0.25) is 15.9 Å². The average molecular weight is 432 g/mol. The molecular weight excluding hydrogens is 406 g/mol. The Bertz CT molecular complexity index is 984. The zero-order valence-electron chi connectivity index (χ0n) is 16.7. The van der Waals surface area contributed by atoms with E-state index in [-0.39, 0.29) is 10.6 Å². The minimum absolute atomic E-state index is 0.0258. The molecule has 0 aliphatic heterocycles. The number of nitrogens with zero attached hydrogens (tertiary/aromatic N) is 1. The molecule has 160 valence electrons. The zero-order valence-corrected chi connectivity index (χ0v) is 17.5. The molecule has 0 spiro atoms. The van der Waals surface area contributed by atoms with Gasteiger partial charge in [-0.15, -0.1) is 0 Å². The Labute approximate surface area is 176 Å². The van der Waals surface area contributed by atoms with E-state index in [1.165, 1.54) is 60.7 Å². The number of amides is 1. The average Bonchev–Trinajstić information content (AvgIpc) is 2.73. The lowest BCUT2D eigenvalue weighted by Crippen LogP contribution is -2.24. The Morgan fingerprint density at radius 3 is 2.30 bits per heavy atom. The second-order valence-corrected chi connectivity index (χ2v) is 8.42. The number of anilines is 1. The van der Waals surface area contributed by atoms with Crippen LogP contribution in [0.4, 0.5) is 11.4 Å². The van der Waals surface area contributed by atoms with Crippen molar-refractivity contribution in [2.75, 3.05) is 11.9 Å². The molecule has 0 heterocycles. The number of nitro benzene ring substituents is 1. The van der Waals surface area contributed by atoms with E-state index in [1.54, 1.807) is 0 Å². The first-order valence-electron chi connectivity index (χ1n) is 9.65. The summed E-state index contributed by atoms with van der Waals surface area (Å²) >= 11 is 0. The summed E-state index contributed by atoms with van der Waals surface area (Å²) in [4.78, 5) is 22.3. The highest BCUT2D eigenvalue weighted by molar-refractivity contribution is 7.89. The van der Waals surface area contributed by atoms with Crippen molar-refractivity contribution in [3.63, 3.8) is 0 Å². The first-order valence-corrected chi connectivity index (χ1v) is 11.1. The fourth-order valence-electron chi connectivity index (χ4n) is 2.62. The maximum Gasteiger partial charge on any atom is 0.269 e. The number of sulfonamides is 1. The minimum Gasteiger partial charge on any atom is -0.323 e. The first-order chi connectivity index (χ1) is 14.3. The molecule has 9 heteroatoms. The summed E-state index contributed by atoms with van der Waals surface area (Å²) in [7, 11) is -3.57. The first kappa shape index (κ1) is 23.2. The molecule has 30 heavy (non-hydrogen) atoms. The molecule has 1 amide bonds. The molecule has 0 atom stereocenters. The molecule has 0 radical (unpaired) electrons. The number of carbonyl (C=O) groups is 1. The lowest BCUT2D eigenvalue weighted by Gasteiger charge is -2.08. The maximum atomic E-state index is 12.3. The van der Waals surface area contributed by atoms with Gasteiger partial charge in [-0.25, -0.2) is 13.1 Å². The highest BCUT2D eigenvalue weighted by atomic mass is 32.2. The molecule has 0 bridgehead atoms. The number of benzene rings is 2. The fraction of sp³-hybridized carbons (Fsp3) is 0.286. The molecule has 0 saturated heterocycles. The van der Waals surface area contributed by atoms with E-state index in [0.29, 0.717) is 17.8 Å². The molecule has 0 saturated carbocycles. The zero-order chi connectivity index (χ0) is 22.0. The van der Waals surface area contributed by atoms with Crippen molar-refractivity contribution in [3.8, 4) is 0 Å². The summed E-state index contributed by atoms with van der Waals surface area (Å²) in [5, 5.41) is 13.3. The van der Waals surface area contributed by atoms with Crippen LogP contribution in [0.25, 0.3) is 6.08 Å². The summed E-state index contributed by atoms with van der Waals surface area (Å²) in [6, 6.07) is 11.7. The highest BCUT2D eigenvalue weighted by Crippen LogP contribution is 2.15. The van der Waals surface area contributed by atoms with Gasteiger partial charge < -0.3 is 5.32 Å². The van der Waals surface area contributed by atoms with E-state index in [2.05, 4.69) is 17.0 Å².